The van der Waals surface area contributed by atoms with E-state index in [1.54, 1.807) is 0 Å². The van der Waals surface area contributed by atoms with E-state index in [1.165, 1.54) is 50.0 Å². The van der Waals surface area contributed by atoms with Gasteiger partial charge in [-0.1, -0.05) is 97.1 Å². The van der Waals surface area contributed by atoms with Gasteiger partial charge in [0.15, 0.2) is 0 Å². The van der Waals surface area contributed by atoms with Crippen molar-refractivity contribution in [3.05, 3.63) is 121 Å². The van der Waals surface area contributed by atoms with Crippen LogP contribution in [0.3, 0.4) is 0 Å². The lowest BCUT2D eigenvalue weighted by molar-refractivity contribution is 1.19. The molecule has 0 aromatic heterocycles. The van der Waals surface area contributed by atoms with Gasteiger partial charge in [0.25, 0.3) is 0 Å². The van der Waals surface area contributed by atoms with E-state index >= 15 is 0 Å². The maximum absolute atomic E-state index is 2.24. The number of hydrogen-bond acceptors (Lipinski definition) is 1. The predicted octanol–water partition coefficient (Wildman–Crippen LogP) is 8.25. The topological polar surface area (TPSA) is 3.24 Å². The average molecular weight is 400 g/mol. The monoisotopic (exact) mass is 399 g/mol. The van der Waals surface area contributed by atoms with Crippen molar-refractivity contribution in [2.24, 2.45) is 0 Å². The van der Waals surface area contributed by atoms with Crippen LogP contribution in [0.1, 0.15) is 5.56 Å². The molecule has 0 saturated carbocycles. The minimum atomic E-state index is 1.19. The Morgan fingerprint density at radius 3 is 1.84 bits per heavy atom. The second kappa shape index (κ2) is 8.12. The SMILES string of the molecule is Cc1ccccc1N(C)c1ccc(-c2ccc(-c3cccc4ccccc34)cc2)cc1. The Bertz CT molecular complexity index is 1330. The molecule has 0 bridgehead atoms. The summed E-state index contributed by atoms with van der Waals surface area (Å²) in [5.74, 6) is 0. The lowest BCUT2D eigenvalue weighted by Crippen LogP contribution is -2.10. The molecule has 0 radical (unpaired) electrons. The number of aryl methyl sites for hydroxylation is 1. The van der Waals surface area contributed by atoms with Crippen molar-refractivity contribution in [1.29, 1.82) is 0 Å². The van der Waals surface area contributed by atoms with Crippen LogP contribution >= 0.6 is 0 Å². The van der Waals surface area contributed by atoms with Crippen molar-refractivity contribution >= 4 is 22.1 Å². The first-order chi connectivity index (χ1) is 15.2. The molecular weight excluding hydrogens is 374 g/mol. The highest BCUT2D eigenvalue weighted by Crippen LogP contribution is 2.32. The van der Waals surface area contributed by atoms with Gasteiger partial charge < -0.3 is 4.90 Å². The van der Waals surface area contributed by atoms with Gasteiger partial charge in [-0.15, -0.1) is 0 Å². The summed E-state index contributed by atoms with van der Waals surface area (Å²) in [6.07, 6.45) is 0. The number of fused-ring (bicyclic) bond motifs is 1. The van der Waals surface area contributed by atoms with E-state index in [1.807, 2.05) is 0 Å². The molecule has 0 aliphatic heterocycles. The molecule has 0 fully saturated rings. The fourth-order valence-corrected chi connectivity index (χ4v) is 4.28. The fourth-order valence-electron chi connectivity index (χ4n) is 4.28. The van der Waals surface area contributed by atoms with Crippen LogP contribution in [0.25, 0.3) is 33.0 Å². The Labute approximate surface area is 184 Å². The Hall–Kier alpha value is -3.84. The van der Waals surface area contributed by atoms with E-state index in [0.717, 1.165) is 0 Å². The summed E-state index contributed by atoms with van der Waals surface area (Å²) in [6, 6.07) is 41.2. The van der Waals surface area contributed by atoms with Gasteiger partial charge in [0.05, 0.1) is 0 Å². The van der Waals surface area contributed by atoms with Gasteiger partial charge >= 0.3 is 0 Å². The Balaban J connectivity index is 1.42. The van der Waals surface area contributed by atoms with Crippen molar-refractivity contribution in [1.82, 2.24) is 0 Å². The van der Waals surface area contributed by atoms with Crippen LogP contribution in [-0.2, 0) is 0 Å². The van der Waals surface area contributed by atoms with Crippen molar-refractivity contribution in [3.63, 3.8) is 0 Å². The van der Waals surface area contributed by atoms with Crippen LogP contribution in [0.2, 0.25) is 0 Å². The third-order valence-electron chi connectivity index (χ3n) is 6.05. The quantitative estimate of drug-likeness (QED) is 0.294. The molecule has 0 atom stereocenters. The van der Waals surface area contributed by atoms with Gasteiger partial charge in [-0.25, -0.2) is 0 Å². The lowest BCUT2D eigenvalue weighted by Gasteiger charge is -2.21. The molecule has 0 unspecified atom stereocenters. The Morgan fingerprint density at radius 1 is 0.516 bits per heavy atom. The highest BCUT2D eigenvalue weighted by atomic mass is 15.1. The summed E-state index contributed by atoms with van der Waals surface area (Å²) in [7, 11) is 2.12. The van der Waals surface area contributed by atoms with Gasteiger partial charge in [0.2, 0.25) is 0 Å². The van der Waals surface area contributed by atoms with Crippen LogP contribution in [0.5, 0.6) is 0 Å². The number of nitrogens with zero attached hydrogens (tertiary/aromatic N) is 1. The van der Waals surface area contributed by atoms with Gasteiger partial charge in [-0.2, -0.15) is 0 Å². The molecule has 5 aromatic carbocycles. The maximum atomic E-state index is 2.24. The van der Waals surface area contributed by atoms with Crippen LogP contribution in [0, 0.1) is 6.92 Å². The molecule has 0 N–H and O–H groups in total. The molecule has 5 aromatic rings. The van der Waals surface area contributed by atoms with Crippen molar-refractivity contribution in [2.75, 3.05) is 11.9 Å². The van der Waals surface area contributed by atoms with Crippen molar-refractivity contribution < 1.29 is 0 Å². The molecule has 0 saturated heterocycles. The first-order valence-corrected chi connectivity index (χ1v) is 10.7. The molecule has 0 heterocycles. The van der Waals surface area contributed by atoms with Gasteiger partial charge in [0, 0.05) is 18.4 Å². The summed E-state index contributed by atoms with van der Waals surface area (Å²) in [4.78, 5) is 2.24. The molecule has 31 heavy (non-hydrogen) atoms. The average Bonchev–Trinajstić information content (AvgIpc) is 2.84. The zero-order chi connectivity index (χ0) is 21.2. The second-order valence-corrected chi connectivity index (χ2v) is 8.00. The summed E-state index contributed by atoms with van der Waals surface area (Å²) < 4.78 is 0. The van der Waals surface area contributed by atoms with Gasteiger partial charge in [0.1, 0.15) is 0 Å². The standard InChI is InChI=1S/C30H25N/c1-22-8-3-6-13-30(22)31(2)27-20-18-24(19-21-27)23-14-16-26(17-15-23)29-12-7-10-25-9-4-5-11-28(25)29/h3-21H,1-2H3. The molecule has 0 amide bonds. The van der Waals surface area contributed by atoms with Crippen LogP contribution in [0.4, 0.5) is 11.4 Å². The Morgan fingerprint density at radius 2 is 1.10 bits per heavy atom. The van der Waals surface area contributed by atoms with Crippen molar-refractivity contribution in [2.45, 2.75) is 6.92 Å². The predicted molar refractivity (Wildman–Crippen MR) is 134 cm³/mol. The molecule has 1 heteroatoms. The summed E-state index contributed by atoms with van der Waals surface area (Å²) >= 11 is 0. The van der Waals surface area contributed by atoms with Crippen LogP contribution in [0.15, 0.2) is 115 Å². The number of hydrogen-bond donors (Lipinski definition) is 0. The van der Waals surface area contributed by atoms with Crippen LogP contribution < -0.4 is 4.90 Å². The summed E-state index contributed by atoms with van der Waals surface area (Å²) in [6.45, 7) is 2.15. The highest BCUT2D eigenvalue weighted by Gasteiger charge is 2.08. The number of anilines is 2. The summed E-state index contributed by atoms with van der Waals surface area (Å²) in [5, 5.41) is 2.57. The highest BCUT2D eigenvalue weighted by molar-refractivity contribution is 5.96. The van der Waals surface area contributed by atoms with E-state index in [-0.39, 0.29) is 0 Å². The van der Waals surface area contributed by atoms with E-state index in [2.05, 4.69) is 134 Å². The fraction of sp³-hybridized carbons (Fsp3) is 0.0667. The zero-order valence-electron chi connectivity index (χ0n) is 17.9. The van der Waals surface area contributed by atoms with E-state index in [0.29, 0.717) is 0 Å². The summed E-state index contributed by atoms with van der Waals surface area (Å²) in [5.41, 5.74) is 8.68. The number of para-hydroxylation sites is 1. The molecule has 0 spiro atoms. The number of rotatable bonds is 4. The van der Waals surface area contributed by atoms with Crippen LogP contribution in [-0.4, -0.2) is 7.05 Å². The van der Waals surface area contributed by atoms with E-state index in [4.69, 9.17) is 0 Å². The largest absolute Gasteiger partial charge is 0.344 e. The third kappa shape index (κ3) is 3.71. The minimum Gasteiger partial charge on any atom is -0.344 e. The van der Waals surface area contributed by atoms with Gasteiger partial charge in [-0.05, 0) is 63.7 Å². The van der Waals surface area contributed by atoms with E-state index < -0.39 is 0 Å². The molecule has 0 aliphatic rings. The van der Waals surface area contributed by atoms with Gasteiger partial charge in [-0.3, -0.25) is 0 Å². The minimum absolute atomic E-state index is 1.19. The number of benzene rings is 5. The normalized spacial score (nSPS) is 10.9. The van der Waals surface area contributed by atoms with Crippen molar-refractivity contribution in [3.8, 4) is 22.3 Å². The molecule has 150 valence electrons. The smallest absolute Gasteiger partial charge is 0.0437 e. The maximum Gasteiger partial charge on any atom is 0.0437 e. The second-order valence-electron chi connectivity index (χ2n) is 8.00. The first kappa shape index (κ1) is 19.1. The molecule has 5 rings (SSSR count). The zero-order valence-corrected chi connectivity index (χ0v) is 17.9. The third-order valence-corrected chi connectivity index (χ3v) is 6.05. The molecular formula is C30H25N. The lowest BCUT2D eigenvalue weighted by atomic mass is 9.96. The first-order valence-electron chi connectivity index (χ1n) is 10.7. The molecule has 1 nitrogen and oxygen atoms in total. The Kier molecular flexibility index (Phi) is 5.01. The molecule has 0 aliphatic carbocycles. The van der Waals surface area contributed by atoms with E-state index in [9.17, 15) is 0 Å².